The molecule has 1 heterocycles. The second kappa shape index (κ2) is 4.12. The van der Waals surface area contributed by atoms with Crippen LogP contribution < -0.4 is 16.0 Å². The smallest absolute Gasteiger partial charge is 0.333 e. The second-order valence-electron chi connectivity index (χ2n) is 3.00. The molecule has 0 aliphatic heterocycles. The Morgan fingerprint density at radius 2 is 1.93 bits per heavy atom. The van der Waals surface area contributed by atoms with Gasteiger partial charge >= 0.3 is 5.69 Å². The molecule has 1 rings (SSSR count). The van der Waals surface area contributed by atoms with Gasteiger partial charge < -0.3 is 10.1 Å². The van der Waals surface area contributed by atoms with Gasteiger partial charge in [0.1, 0.15) is 5.56 Å². The Morgan fingerprint density at radius 3 is 2.40 bits per heavy atom. The van der Waals surface area contributed by atoms with Crippen molar-refractivity contribution in [1.82, 2.24) is 9.13 Å². The lowest BCUT2D eigenvalue weighted by Gasteiger charge is -2.12. The molecular formula is C9H13N3O3. The summed E-state index contributed by atoms with van der Waals surface area (Å²) in [5.74, 6) is 0.139. The van der Waals surface area contributed by atoms with Crippen molar-refractivity contribution < 1.29 is 4.74 Å². The Hall–Kier alpha value is -1.85. The Morgan fingerprint density at radius 1 is 1.33 bits per heavy atom. The lowest BCUT2D eigenvalue weighted by Crippen LogP contribution is -2.39. The molecule has 0 amide bonds. The maximum atomic E-state index is 11.6. The minimum absolute atomic E-state index is 0.0847. The molecule has 6 nitrogen and oxygen atoms in total. The van der Waals surface area contributed by atoms with Gasteiger partial charge in [-0.25, -0.2) is 4.79 Å². The SMILES string of the molecule is CCOc1c(C=N)c(=O)n(C)c(=O)n1C. The maximum absolute atomic E-state index is 11.6. The summed E-state index contributed by atoms with van der Waals surface area (Å²) in [5, 5.41) is 7.13. The summed E-state index contributed by atoms with van der Waals surface area (Å²) in [4.78, 5) is 23.1. The Balaban J connectivity index is 3.70. The number of ether oxygens (including phenoxy) is 1. The van der Waals surface area contributed by atoms with Crippen molar-refractivity contribution in [2.24, 2.45) is 14.1 Å². The fourth-order valence-corrected chi connectivity index (χ4v) is 1.29. The van der Waals surface area contributed by atoms with Crippen LogP contribution in [0.15, 0.2) is 9.59 Å². The molecule has 1 aromatic rings. The van der Waals surface area contributed by atoms with E-state index in [9.17, 15) is 9.59 Å². The monoisotopic (exact) mass is 211 g/mol. The number of rotatable bonds is 3. The van der Waals surface area contributed by atoms with E-state index in [4.69, 9.17) is 10.1 Å². The van der Waals surface area contributed by atoms with Crippen LogP contribution in [-0.2, 0) is 14.1 Å². The molecule has 6 heteroatoms. The van der Waals surface area contributed by atoms with Crippen LogP contribution >= 0.6 is 0 Å². The fraction of sp³-hybridized carbons (Fsp3) is 0.444. The average molecular weight is 211 g/mol. The van der Waals surface area contributed by atoms with Crippen molar-refractivity contribution >= 4 is 6.21 Å². The highest BCUT2D eigenvalue weighted by Gasteiger charge is 2.14. The number of hydrogen-bond acceptors (Lipinski definition) is 4. The standard InChI is InChI=1S/C9H13N3O3/c1-4-15-8-6(5-10)7(13)11(2)9(14)12(8)3/h5,10H,4H2,1-3H3. The number of nitrogens with zero attached hydrogens (tertiary/aromatic N) is 2. The highest BCUT2D eigenvalue weighted by Crippen LogP contribution is 2.08. The zero-order chi connectivity index (χ0) is 11.6. The molecule has 0 fully saturated rings. The summed E-state index contributed by atoms with van der Waals surface area (Å²) >= 11 is 0. The normalized spacial score (nSPS) is 10.1. The first-order chi connectivity index (χ1) is 7.04. The predicted octanol–water partition coefficient (Wildman–Crippen LogP) is -0.520. The van der Waals surface area contributed by atoms with E-state index in [-0.39, 0.29) is 11.4 Å². The summed E-state index contributed by atoms with van der Waals surface area (Å²) in [6.45, 7) is 2.08. The molecule has 0 unspecified atom stereocenters. The highest BCUT2D eigenvalue weighted by atomic mass is 16.5. The largest absolute Gasteiger partial charge is 0.478 e. The van der Waals surface area contributed by atoms with Gasteiger partial charge in [-0.3, -0.25) is 13.9 Å². The van der Waals surface area contributed by atoms with E-state index in [1.165, 1.54) is 18.7 Å². The van der Waals surface area contributed by atoms with Crippen LogP contribution in [-0.4, -0.2) is 22.0 Å². The van der Waals surface area contributed by atoms with Crippen LogP contribution in [0, 0.1) is 5.41 Å². The maximum Gasteiger partial charge on any atom is 0.333 e. The first-order valence-electron chi connectivity index (χ1n) is 4.47. The molecule has 15 heavy (non-hydrogen) atoms. The van der Waals surface area contributed by atoms with Crippen molar-refractivity contribution in [2.45, 2.75) is 6.92 Å². The first kappa shape index (κ1) is 11.2. The molecule has 0 aliphatic carbocycles. The van der Waals surface area contributed by atoms with Crippen LogP contribution in [0.1, 0.15) is 12.5 Å². The van der Waals surface area contributed by atoms with E-state index in [0.717, 1.165) is 10.8 Å². The van der Waals surface area contributed by atoms with Gasteiger partial charge in [0.2, 0.25) is 5.88 Å². The van der Waals surface area contributed by atoms with Gasteiger partial charge in [0.25, 0.3) is 5.56 Å². The molecule has 1 N–H and O–H groups in total. The summed E-state index contributed by atoms with van der Waals surface area (Å²) < 4.78 is 7.33. The molecule has 0 aromatic carbocycles. The molecule has 0 aliphatic rings. The van der Waals surface area contributed by atoms with Gasteiger partial charge in [-0.15, -0.1) is 0 Å². The molecular weight excluding hydrogens is 198 g/mol. The van der Waals surface area contributed by atoms with Crippen LogP contribution in [0.3, 0.4) is 0 Å². The van der Waals surface area contributed by atoms with Crippen LogP contribution in [0.5, 0.6) is 5.88 Å². The molecule has 0 bridgehead atoms. The van der Waals surface area contributed by atoms with Crippen molar-refractivity contribution in [1.29, 1.82) is 5.41 Å². The van der Waals surface area contributed by atoms with Crippen molar-refractivity contribution in [2.75, 3.05) is 6.61 Å². The van der Waals surface area contributed by atoms with E-state index in [0.29, 0.717) is 6.61 Å². The highest BCUT2D eigenvalue weighted by molar-refractivity contribution is 5.79. The minimum atomic E-state index is -0.517. The van der Waals surface area contributed by atoms with Gasteiger partial charge in [-0.1, -0.05) is 0 Å². The van der Waals surface area contributed by atoms with Gasteiger partial charge in [0, 0.05) is 20.3 Å². The molecule has 0 spiro atoms. The third-order valence-electron chi connectivity index (χ3n) is 2.07. The second-order valence-corrected chi connectivity index (χ2v) is 3.00. The van der Waals surface area contributed by atoms with Gasteiger partial charge in [0.05, 0.1) is 6.61 Å². The molecule has 0 saturated carbocycles. The third kappa shape index (κ3) is 1.70. The summed E-state index contributed by atoms with van der Waals surface area (Å²) in [6.07, 6.45) is 0.896. The Kier molecular flexibility index (Phi) is 3.08. The summed E-state index contributed by atoms with van der Waals surface area (Å²) in [6, 6.07) is 0. The lowest BCUT2D eigenvalue weighted by molar-refractivity contribution is 0.305. The van der Waals surface area contributed by atoms with E-state index < -0.39 is 11.2 Å². The zero-order valence-corrected chi connectivity index (χ0v) is 8.90. The number of hydrogen-bond donors (Lipinski definition) is 1. The predicted molar refractivity (Wildman–Crippen MR) is 56.0 cm³/mol. The van der Waals surface area contributed by atoms with Crippen LogP contribution in [0.2, 0.25) is 0 Å². The van der Waals surface area contributed by atoms with Crippen molar-refractivity contribution in [3.05, 3.63) is 26.4 Å². The lowest BCUT2D eigenvalue weighted by atomic mass is 10.3. The van der Waals surface area contributed by atoms with Gasteiger partial charge in [-0.05, 0) is 6.92 Å². The number of aromatic nitrogens is 2. The Bertz CT molecular complexity index is 499. The fourth-order valence-electron chi connectivity index (χ4n) is 1.29. The van der Waals surface area contributed by atoms with Crippen molar-refractivity contribution in [3.63, 3.8) is 0 Å². The van der Waals surface area contributed by atoms with Gasteiger partial charge in [0.15, 0.2) is 0 Å². The summed E-state index contributed by atoms with van der Waals surface area (Å²) in [5.41, 5.74) is -0.896. The molecule has 0 saturated heterocycles. The van der Waals surface area contributed by atoms with Crippen molar-refractivity contribution in [3.8, 4) is 5.88 Å². The van der Waals surface area contributed by atoms with Crippen LogP contribution in [0.25, 0.3) is 0 Å². The zero-order valence-electron chi connectivity index (χ0n) is 8.90. The molecule has 0 radical (unpaired) electrons. The Labute approximate surface area is 86.2 Å². The summed E-state index contributed by atoms with van der Waals surface area (Å²) in [7, 11) is 2.87. The molecule has 0 atom stereocenters. The first-order valence-corrected chi connectivity index (χ1v) is 4.47. The van der Waals surface area contributed by atoms with Crippen LogP contribution in [0.4, 0.5) is 0 Å². The van der Waals surface area contributed by atoms with E-state index >= 15 is 0 Å². The van der Waals surface area contributed by atoms with Gasteiger partial charge in [-0.2, -0.15) is 0 Å². The minimum Gasteiger partial charge on any atom is -0.478 e. The number of nitrogens with one attached hydrogen (secondary N) is 1. The molecule has 1 aromatic heterocycles. The average Bonchev–Trinajstić information content (AvgIpc) is 2.24. The quantitative estimate of drug-likeness (QED) is 0.683. The molecule has 82 valence electrons. The van der Waals surface area contributed by atoms with E-state index in [1.54, 1.807) is 6.92 Å². The van der Waals surface area contributed by atoms with E-state index in [2.05, 4.69) is 0 Å². The topological polar surface area (TPSA) is 77.1 Å². The van der Waals surface area contributed by atoms with E-state index in [1.807, 2.05) is 0 Å². The third-order valence-corrected chi connectivity index (χ3v) is 2.07.